The first-order valence-electron chi connectivity index (χ1n) is 9.59. The minimum Gasteiger partial charge on any atom is -0.497 e. The van der Waals surface area contributed by atoms with Crippen molar-refractivity contribution >= 4 is 41.0 Å². The minimum absolute atomic E-state index is 0.167. The summed E-state index contributed by atoms with van der Waals surface area (Å²) in [4.78, 5) is 25.5. The predicted molar refractivity (Wildman–Crippen MR) is 120 cm³/mol. The fourth-order valence-electron chi connectivity index (χ4n) is 3.05. The number of methoxy groups -OCH3 is 2. The SMILES string of the molecule is COc1ccc(OC)c(/C=C2\C(=O)N(c3ccc(Cl)c(C(=O)OC(C)C)c3)N=C2C)c1. The number of carbonyl (C=O) groups is 2. The maximum atomic E-state index is 13.1. The van der Waals surface area contributed by atoms with E-state index in [4.69, 9.17) is 25.8 Å². The van der Waals surface area contributed by atoms with Crippen LogP contribution in [0.15, 0.2) is 47.1 Å². The Kier molecular flexibility index (Phi) is 6.65. The molecule has 31 heavy (non-hydrogen) atoms. The third-order valence-electron chi connectivity index (χ3n) is 4.56. The Bertz CT molecular complexity index is 1090. The van der Waals surface area contributed by atoms with Crippen LogP contribution in [0.2, 0.25) is 5.02 Å². The normalized spacial score (nSPS) is 14.8. The van der Waals surface area contributed by atoms with Crippen molar-refractivity contribution in [3.8, 4) is 11.5 Å². The Labute approximate surface area is 185 Å². The summed E-state index contributed by atoms with van der Waals surface area (Å²) in [6, 6.07) is 9.97. The average Bonchev–Trinajstić information content (AvgIpc) is 3.01. The van der Waals surface area contributed by atoms with Gasteiger partial charge in [0.2, 0.25) is 0 Å². The Balaban J connectivity index is 1.97. The van der Waals surface area contributed by atoms with Crippen molar-refractivity contribution in [1.82, 2.24) is 0 Å². The van der Waals surface area contributed by atoms with Gasteiger partial charge >= 0.3 is 5.97 Å². The Morgan fingerprint density at radius 1 is 1.13 bits per heavy atom. The first kappa shape index (κ1) is 22.4. The van der Waals surface area contributed by atoms with E-state index in [0.29, 0.717) is 34.0 Å². The highest BCUT2D eigenvalue weighted by Gasteiger charge is 2.30. The minimum atomic E-state index is -0.564. The molecule has 0 fully saturated rings. The number of carbonyl (C=O) groups excluding carboxylic acids is 2. The third kappa shape index (κ3) is 4.72. The van der Waals surface area contributed by atoms with Crippen LogP contribution in [0.4, 0.5) is 5.69 Å². The fourth-order valence-corrected chi connectivity index (χ4v) is 3.24. The van der Waals surface area contributed by atoms with Crippen LogP contribution >= 0.6 is 11.6 Å². The lowest BCUT2D eigenvalue weighted by atomic mass is 10.1. The van der Waals surface area contributed by atoms with Gasteiger partial charge in [0, 0.05) is 5.56 Å². The van der Waals surface area contributed by atoms with E-state index in [9.17, 15) is 9.59 Å². The Morgan fingerprint density at radius 2 is 1.87 bits per heavy atom. The summed E-state index contributed by atoms with van der Waals surface area (Å²) in [7, 11) is 3.12. The highest BCUT2D eigenvalue weighted by molar-refractivity contribution is 6.34. The quantitative estimate of drug-likeness (QED) is 0.477. The number of hydrogen-bond acceptors (Lipinski definition) is 6. The van der Waals surface area contributed by atoms with Gasteiger partial charge in [0.05, 0.1) is 47.9 Å². The maximum Gasteiger partial charge on any atom is 0.339 e. The number of rotatable bonds is 6. The highest BCUT2D eigenvalue weighted by Crippen LogP contribution is 2.31. The van der Waals surface area contributed by atoms with E-state index in [2.05, 4.69) is 5.10 Å². The Hall–Kier alpha value is -3.32. The molecule has 7 nitrogen and oxygen atoms in total. The molecule has 1 aliphatic heterocycles. The van der Waals surface area contributed by atoms with E-state index in [0.717, 1.165) is 0 Å². The molecule has 0 radical (unpaired) electrons. The molecule has 1 heterocycles. The molecule has 0 aliphatic carbocycles. The van der Waals surface area contributed by atoms with E-state index >= 15 is 0 Å². The van der Waals surface area contributed by atoms with E-state index in [1.54, 1.807) is 71.4 Å². The molecule has 3 rings (SSSR count). The number of anilines is 1. The molecular weight excluding hydrogens is 420 g/mol. The fraction of sp³-hybridized carbons (Fsp3) is 0.261. The summed E-state index contributed by atoms with van der Waals surface area (Å²) in [6.07, 6.45) is 1.40. The second kappa shape index (κ2) is 9.22. The van der Waals surface area contributed by atoms with Gasteiger partial charge in [0.25, 0.3) is 5.91 Å². The van der Waals surface area contributed by atoms with E-state index in [-0.39, 0.29) is 22.6 Å². The summed E-state index contributed by atoms with van der Waals surface area (Å²) < 4.78 is 15.9. The van der Waals surface area contributed by atoms with Crippen LogP contribution in [0.1, 0.15) is 36.7 Å². The van der Waals surface area contributed by atoms with Gasteiger partial charge in [-0.3, -0.25) is 4.79 Å². The monoisotopic (exact) mass is 442 g/mol. The summed E-state index contributed by atoms with van der Waals surface area (Å²) >= 11 is 6.17. The van der Waals surface area contributed by atoms with Gasteiger partial charge in [-0.25, -0.2) is 4.79 Å². The predicted octanol–water partition coefficient (Wildman–Crippen LogP) is 4.73. The third-order valence-corrected chi connectivity index (χ3v) is 4.89. The summed E-state index contributed by atoms with van der Waals surface area (Å²) in [6.45, 7) is 5.23. The standard InChI is InChI=1S/C23H23ClN2O5/c1-13(2)31-23(28)19-12-16(6-8-20(19)24)26-22(27)18(14(3)25-26)11-15-10-17(29-4)7-9-21(15)30-5/h6-13H,1-5H3/b18-11-. The van der Waals surface area contributed by atoms with Crippen molar-refractivity contribution in [2.45, 2.75) is 26.9 Å². The molecule has 1 aliphatic rings. The summed E-state index contributed by atoms with van der Waals surface area (Å²) in [5.41, 5.74) is 2.17. The molecule has 0 bridgehead atoms. The molecule has 0 aromatic heterocycles. The van der Waals surface area contributed by atoms with Gasteiger partial charge in [-0.2, -0.15) is 10.1 Å². The van der Waals surface area contributed by atoms with E-state index < -0.39 is 5.97 Å². The number of nitrogens with zero attached hydrogens (tertiary/aromatic N) is 2. The largest absolute Gasteiger partial charge is 0.497 e. The zero-order valence-corrected chi connectivity index (χ0v) is 18.7. The zero-order chi connectivity index (χ0) is 22.7. The molecule has 0 N–H and O–H groups in total. The van der Waals surface area contributed by atoms with Crippen LogP contribution in [-0.4, -0.2) is 37.9 Å². The lowest BCUT2D eigenvalue weighted by molar-refractivity contribution is -0.114. The molecule has 0 saturated heterocycles. The summed E-state index contributed by atoms with van der Waals surface area (Å²) in [5.74, 6) is 0.326. The molecule has 1 amide bonds. The summed E-state index contributed by atoms with van der Waals surface area (Å²) in [5, 5.41) is 5.84. The Morgan fingerprint density at radius 3 is 2.52 bits per heavy atom. The van der Waals surface area contributed by atoms with Crippen LogP contribution in [0.25, 0.3) is 6.08 Å². The molecule has 8 heteroatoms. The molecule has 0 unspecified atom stereocenters. The molecule has 162 valence electrons. The van der Waals surface area contributed by atoms with Crippen molar-refractivity contribution in [3.05, 3.63) is 58.1 Å². The van der Waals surface area contributed by atoms with Crippen LogP contribution in [-0.2, 0) is 9.53 Å². The number of hydrazone groups is 1. The van der Waals surface area contributed by atoms with Gasteiger partial charge in [0.15, 0.2) is 0 Å². The van der Waals surface area contributed by atoms with Gasteiger partial charge in [-0.1, -0.05) is 11.6 Å². The number of esters is 1. The van der Waals surface area contributed by atoms with Crippen LogP contribution in [0.5, 0.6) is 11.5 Å². The van der Waals surface area contributed by atoms with Gasteiger partial charge in [-0.05, 0) is 63.2 Å². The molecule has 0 atom stereocenters. The van der Waals surface area contributed by atoms with Crippen molar-refractivity contribution in [1.29, 1.82) is 0 Å². The second-order valence-electron chi connectivity index (χ2n) is 7.09. The van der Waals surface area contributed by atoms with Crippen molar-refractivity contribution in [2.75, 3.05) is 19.2 Å². The first-order chi connectivity index (χ1) is 14.7. The molecule has 0 saturated carbocycles. The van der Waals surface area contributed by atoms with E-state index in [1.807, 2.05) is 0 Å². The number of halogens is 1. The van der Waals surface area contributed by atoms with Crippen molar-refractivity contribution in [2.24, 2.45) is 5.10 Å². The van der Waals surface area contributed by atoms with Crippen molar-refractivity contribution < 1.29 is 23.8 Å². The van der Waals surface area contributed by atoms with Crippen LogP contribution in [0, 0.1) is 0 Å². The molecule has 0 spiro atoms. The number of hydrogen-bond donors (Lipinski definition) is 0. The number of benzene rings is 2. The lowest BCUT2D eigenvalue weighted by Gasteiger charge is -2.15. The van der Waals surface area contributed by atoms with Crippen molar-refractivity contribution in [3.63, 3.8) is 0 Å². The maximum absolute atomic E-state index is 13.1. The highest BCUT2D eigenvalue weighted by atomic mass is 35.5. The van der Waals surface area contributed by atoms with Gasteiger partial charge < -0.3 is 14.2 Å². The van der Waals surface area contributed by atoms with Crippen LogP contribution < -0.4 is 14.5 Å². The van der Waals surface area contributed by atoms with Gasteiger partial charge in [-0.15, -0.1) is 0 Å². The topological polar surface area (TPSA) is 77.4 Å². The van der Waals surface area contributed by atoms with Crippen LogP contribution in [0.3, 0.4) is 0 Å². The smallest absolute Gasteiger partial charge is 0.339 e. The molecular formula is C23H23ClN2O5. The molecule has 2 aromatic carbocycles. The molecule has 2 aromatic rings. The first-order valence-corrected chi connectivity index (χ1v) is 9.97. The average molecular weight is 443 g/mol. The number of amides is 1. The zero-order valence-electron chi connectivity index (χ0n) is 17.9. The second-order valence-corrected chi connectivity index (χ2v) is 7.49. The lowest BCUT2D eigenvalue weighted by Crippen LogP contribution is -2.22. The number of ether oxygens (including phenoxy) is 3. The van der Waals surface area contributed by atoms with Gasteiger partial charge in [0.1, 0.15) is 11.5 Å². The van der Waals surface area contributed by atoms with E-state index in [1.165, 1.54) is 11.1 Å².